The number of aliphatic hydroxyl groups is 1. The van der Waals surface area contributed by atoms with Crippen molar-refractivity contribution in [2.75, 3.05) is 6.54 Å². The van der Waals surface area contributed by atoms with E-state index in [-0.39, 0.29) is 5.92 Å². The molecule has 0 aliphatic heterocycles. The highest BCUT2D eigenvalue weighted by atomic mass is 79.9. The van der Waals surface area contributed by atoms with E-state index < -0.39 is 6.10 Å². The fraction of sp³-hybridized carbons (Fsp3) is 0.538. The second-order valence-electron chi connectivity index (χ2n) is 4.24. The molecule has 2 unspecified atom stereocenters. The molecule has 0 fully saturated rings. The lowest BCUT2D eigenvalue weighted by atomic mass is 9.91. The molecule has 3 heteroatoms. The van der Waals surface area contributed by atoms with Crippen LogP contribution in [0.4, 0.5) is 0 Å². The summed E-state index contributed by atoms with van der Waals surface area (Å²) < 4.78 is 1.07. The van der Waals surface area contributed by atoms with E-state index >= 15 is 0 Å². The van der Waals surface area contributed by atoms with Gasteiger partial charge in [0.1, 0.15) is 0 Å². The third kappa shape index (κ3) is 3.30. The Kier molecular flexibility index (Phi) is 5.46. The van der Waals surface area contributed by atoms with E-state index in [9.17, 15) is 5.11 Å². The largest absolute Gasteiger partial charge is 0.388 e. The summed E-state index contributed by atoms with van der Waals surface area (Å²) in [7, 11) is 0. The van der Waals surface area contributed by atoms with E-state index in [1.165, 1.54) is 0 Å². The van der Waals surface area contributed by atoms with Gasteiger partial charge in [0.15, 0.2) is 0 Å². The third-order valence-electron chi connectivity index (χ3n) is 2.93. The Hall–Kier alpha value is -0.380. The minimum atomic E-state index is -0.447. The van der Waals surface area contributed by atoms with E-state index in [2.05, 4.69) is 22.9 Å². The number of hydrogen-bond acceptors (Lipinski definition) is 2. The maximum atomic E-state index is 10.2. The molecule has 0 aromatic heterocycles. The van der Waals surface area contributed by atoms with Crippen molar-refractivity contribution in [2.45, 2.75) is 32.8 Å². The molecule has 90 valence electrons. The van der Waals surface area contributed by atoms with Gasteiger partial charge in [-0.15, -0.1) is 0 Å². The Balaban J connectivity index is 2.85. The summed E-state index contributed by atoms with van der Waals surface area (Å²) in [5, 5.41) is 10.2. The summed E-state index contributed by atoms with van der Waals surface area (Å²) >= 11 is 3.46. The van der Waals surface area contributed by atoms with Crippen LogP contribution in [0.1, 0.15) is 37.0 Å². The Morgan fingerprint density at radius 2 is 2.12 bits per heavy atom. The SMILES string of the molecule is CCCC(CN)C(O)c1ccc(Br)c(C)c1. The van der Waals surface area contributed by atoms with Crippen LogP contribution in [0.25, 0.3) is 0 Å². The molecular weight excluding hydrogens is 266 g/mol. The van der Waals surface area contributed by atoms with Crippen LogP contribution >= 0.6 is 15.9 Å². The number of benzene rings is 1. The van der Waals surface area contributed by atoms with Crippen LogP contribution in [0, 0.1) is 12.8 Å². The Morgan fingerprint density at radius 1 is 1.44 bits per heavy atom. The van der Waals surface area contributed by atoms with Gasteiger partial charge in [-0.25, -0.2) is 0 Å². The lowest BCUT2D eigenvalue weighted by Crippen LogP contribution is -2.21. The molecule has 3 N–H and O–H groups in total. The third-order valence-corrected chi connectivity index (χ3v) is 3.82. The highest BCUT2D eigenvalue weighted by Gasteiger charge is 2.18. The molecule has 0 aliphatic rings. The van der Waals surface area contributed by atoms with E-state index in [1.54, 1.807) is 0 Å². The molecule has 2 atom stereocenters. The molecule has 0 saturated carbocycles. The smallest absolute Gasteiger partial charge is 0.0830 e. The summed E-state index contributed by atoms with van der Waals surface area (Å²) in [6.07, 6.45) is 1.57. The standard InChI is InChI=1S/C13H20BrNO/c1-3-4-11(8-15)13(16)10-5-6-12(14)9(2)7-10/h5-7,11,13,16H,3-4,8,15H2,1-2H3. The molecule has 0 radical (unpaired) electrons. The quantitative estimate of drug-likeness (QED) is 0.873. The fourth-order valence-corrected chi connectivity index (χ4v) is 2.15. The highest BCUT2D eigenvalue weighted by Crippen LogP contribution is 2.27. The van der Waals surface area contributed by atoms with Crippen molar-refractivity contribution >= 4 is 15.9 Å². The summed E-state index contributed by atoms with van der Waals surface area (Å²) in [5.41, 5.74) is 7.80. The summed E-state index contributed by atoms with van der Waals surface area (Å²) in [6.45, 7) is 4.67. The second kappa shape index (κ2) is 6.38. The van der Waals surface area contributed by atoms with E-state index in [4.69, 9.17) is 5.73 Å². The molecule has 16 heavy (non-hydrogen) atoms. The van der Waals surface area contributed by atoms with Crippen LogP contribution in [0.15, 0.2) is 22.7 Å². The molecule has 0 heterocycles. The van der Waals surface area contributed by atoms with Crippen LogP contribution < -0.4 is 5.73 Å². The number of aryl methyl sites for hydroxylation is 1. The monoisotopic (exact) mass is 285 g/mol. The minimum absolute atomic E-state index is 0.158. The fourth-order valence-electron chi connectivity index (χ4n) is 1.90. The average Bonchev–Trinajstić information content (AvgIpc) is 2.28. The minimum Gasteiger partial charge on any atom is -0.388 e. The summed E-state index contributed by atoms with van der Waals surface area (Å²) in [4.78, 5) is 0. The second-order valence-corrected chi connectivity index (χ2v) is 5.09. The van der Waals surface area contributed by atoms with Gasteiger partial charge < -0.3 is 10.8 Å². The first kappa shape index (κ1) is 13.7. The van der Waals surface area contributed by atoms with E-state index in [0.29, 0.717) is 6.54 Å². The summed E-state index contributed by atoms with van der Waals surface area (Å²) in [5.74, 6) is 0.158. The Bertz CT molecular complexity index is 341. The molecule has 1 aromatic rings. The van der Waals surface area contributed by atoms with Crippen molar-refractivity contribution in [3.05, 3.63) is 33.8 Å². The zero-order chi connectivity index (χ0) is 12.1. The van der Waals surface area contributed by atoms with Crippen LogP contribution in [-0.2, 0) is 0 Å². The van der Waals surface area contributed by atoms with E-state index in [0.717, 1.165) is 28.4 Å². The number of rotatable bonds is 5. The number of halogens is 1. The predicted molar refractivity (Wildman–Crippen MR) is 71.3 cm³/mol. The first-order chi connectivity index (χ1) is 7.60. The van der Waals surface area contributed by atoms with Gasteiger partial charge in [-0.3, -0.25) is 0 Å². The van der Waals surface area contributed by atoms with Crippen molar-refractivity contribution in [3.63, 3.8) is 0 Å². The van der Waals surface area contributed by atoms with Gasteiger partial charge in [0.2, 0.25) is 0 Å². The van der Waals surface area contributed by atoms with Crippen LogP contribution in [0.5, 0.6) is 0 Å². The molecule has 2 nitrogen and oxygen atoms in total. The lowest BCUT2D eigenvalue weighted by molar-refractivity contribution is 0.106. The number of nitrogens with two attached hydrogens (primary N) is 1. The molecule has 1 rings (SSSR count). The Morgan fingerprint density at radius 3 is 2.62 bits per heavy atom. The van der Waals surface area contributed by atoms with Crippen LogP contribution in [-0.4, -0.2) is 11.7 Å². The van der Waals surface area contributed by atoms with Gasteiger partial charge in [-0.2, -0.15) is 0 Å². The van der Waals surface area contributed by atoms with Gasteiger partial charge >= 0.3 is 0 Å². The summed E-state index contributed by atoms with van der Waals surface area (Å²) in [6, 6.07) is 5.96. The Labute approximate surface area is 106 Å². The van der Waals surface area contributed by atoms with Gasteiger partial charge in [-0.1, -0.05) is 41.4 Å². The maximum Gasteiger partial charge on any atom is 0.0830 e. The molecule has 0 aliphatic carbocycles. The zero-order valence-corrected chi connectivity index (χ0v) is 11.5. The topological polar surface area (TPSA) is 46.2 Å². The van der Waals surface area contributed by atoms with Crippen molar-refractivity contribution in [3.8, 4) is 0 Å². The predicted octanol–water partition coefficient (Wildman–Crippen LogP) is 3.17. The van der Waals surface area contributed by atoms with Gasteiger partial charge in [0.05, 0.1) is 6.10 Å². The lowest BCUT2D eigenvalue weighted by Gasteiger charge is -2.21. The average molecular weight is 286 g/mol. The van der Waals surface area contributed by atoms with Crippen molar-refractivity contribution in [2.24, 2.45) is 11.7 Å². The molecule has 0 spiro atoms. The van der Waals surface area contributed by atoms with Gasteiger partial charge in [0, 0.05) is 10.4 Å². The first-order valence-corrected chi connectivity index (χ1v) is 6.53. The molecule has 1 aromatic carbocycles. The molecule has 0 saturated heterocycles. The number of hydrogen-bond donors (Lipinski definition) is 2. The molecule has 0 amide bonds. The number of aliphatic hydroxyl groups excluding tert-OH is 1. The normalized spacial score (nSPS) is 14.8. The first-order valence-electron chi connectivity index (χ1n) is 5.74. The van der Waals surface area contributed by atoms with Crippen molar-refractivity contribution < 1.29 is 5.11 Å². The molecule has 0 bridgehead atoms. The van der Waals surface area contributed by atoms with Gasteiger partial charge in [0.25, 0.3) is 0 Å². The van der Waals surface area contributed by atoms with Crippen LogP contribution in [0.2, 0.25) is 0 Å². The zero-order valence-electron chi connectivity index (χ0n) is 9.91. The van der Waals surface area contributed by atoms with Crippen molar-refractivity contribution in [1.82, 2.24) is 0 Å². The highest BCUT2D eigenvalue weighted by molar-refractivity contribution is 9.10. The van der Waals surface area contributed by atoms with Crippen LogP contribution in [0.3, 0.4) is 0 Å². The molecular formula is C13H20BrNO. The van der Waals surface area contributed by atoms with Crippen molar-refractivity contribution in [1.29, 1.82) is 0 Å². The van der Waals surface area contributed by atoms with Gasteiger partial charge in [-0.05, 0) is 37.1 Å². The maximum absolute atomic E-state index is 10.2. The van der Waals surface area contributed by atoms with E-state index in [1.807, 2.05) is 25.1 Å².